The van der Waals surface area contributed by atoms with E-state index in [1.165, 1.54) is 4.96 Å². The fraction of sp³-hybridized carbons (Fsp3) is 0.467. The van der Waals surface area contributed by atoms with Crippen LogP contribution in [-0.4, -0.2) is 57.7 Å². The zero-order valence-electron chi connectivity index (χ0n) is 13.2. The first-order valence-corrected chi connectivity index (χ1v) is 7.88. The molecule has 0 radical (unpaired) electrons. The molecule has 2 aliphatic heterocycles. The number of aliphatic hydroxyl groups is 1. The van der Waals surface area contributed by atoms with Crippen LogP contribution in [0.25, 0.3) is 0 Å². The molecule has 2 amide bonds. The van der Waals surface area contributed by atoms with E-state index in [-0.39, 0.29) is 24.3 Å². The number of imide groups is 1. The number of nitrogens with zero attached hydrogens (tertiary/aromatic N) is 4. The third kappa shape index (κ3) is 2.28. The SMILES string of the molecule is CC(On1on1N1CCC(CO)C1)N1C(=O)c2ccccc2C1=O. The van der Waals surface area contributed by atoms with Gasteiger partial charge < -0.3 is 9.94 Å². The predicted molar refractivity (Wildman–Crippen MR) is 80.8 cm³/mol. The van der Waals surface area contributed by atoms with Gasteiger partial charge >= 0.3 is 0 Å². The maximum Gasteiger partial charge on any atom is 0.264 e. The number of aromatic nitrogens is 2. The molecule has 2 aromatic rings. The highest BCUT2D eigenvalue weighted by molar-refractivity contribution is 6.21. The second-order valence-corrected chi connectivity index (χ2v) is 6.05. The van der Waals surface area contributed by atoms with E-state index >= 15 is 0 Å². The zero-order chi connectivity index (χ0) is 16.8. The van der Waals surface area contributed by atoms with Gasteiger partial charge in [-0.2, -0.15) is 4.63 Å². The van der Waals surface area contributed by atoms with Crippen molar-refractivity contribution in [3.8, 4) is 0 Å². The lowest BCUT2D eigenvalue weighted by Crippen LogP contribution is -2.44. The first-order chi connectivity index (χ1) is 11.6. The van der Waals surface area contributed by atoms with Crippen molar-refractivity contribution in [1.82, 2.24) is 14.9 Å². The van der Waals surface area contributed by atoms with E-state index in [1.54, 1.807) is 31.2 Å². The summed E-state index contributed by atoms with van der Waals surface area (Å²) in [5.74, 6) is -0.541. The number of aliphatic hydroxyl groups excluding tert-OH is 1. The molecule has 1 fully saturated rings. The van der Waals surface area contributed by atoms with Gasteiger partial charge in [-0.15, -0.1) is 0 Å². The van der Waals surface area contributed by atoms with Crippen molar-refractivity contribution in [3.05, 3.63) is 35.4 Å². The number of carbonyl (C=O) groups excluding carboxylic acids is 2. The molecular formula is C15H18N4O5. The van der Waals surface area contributed by atoms with Gasteiger partial charge in [-0.1, -0.05) is 12.1 Å². The minimum absolute atomic E-state index is 0.136. The van der Waals surface area contributed by atoms with Gasteiger partial charge in [0.1, 0.15) is 5.02 Å². The lowest BCUT2D eigenvalue weighted by molar-refractivity contribution is -0.0572. The zero-order valence-corrected chi connectivity index (χ0v) is 13.2. The van der Waals surface area contributed by atoms with Crippen molar-refractivity contribution in [2.24, 2.45) is 5.92 Å². The molecule has 9 heteroatoms. The normalized spacial score (nSPS) is 21.7. The fourth-order valence-corrected chi connectivity index (χ4v) is 3.09. The number of carbonyl (C=O) groups is 2. The summed E-state index contributed by atoms with van der Waals surface area (Å²) in [5.41, 5.74) is 0.763. The average molecular weight is 334 g/mol. The molecule has 4 rings (SSSR count). The summed E-state index contributed by atoms with van der Waals surface area (Å²) in [4.78, 5) is 32.8. The quantitative estimate of drug-likeness (QED) is 0.768. The number of rotatable bonds is 5. The van der Waals surface area contributed by atoms with Crippen LogP contribution in [0.1, 0.15) is 34.1 Å². The molecular weight excluding hydrogens is 316 g/mol. The molecule has 0 saturated carbocycles. The summed E-state index contributed by atoms with van der Waals surface area (Å²) in [6.45, 7) is 3.16. The van der Waals surface area contributed by atoms with Crippen LogP contribution in [0.15, 0.2) is 28.9 Å². The van der Waals surface area contributed by atoms with Crippen molar-refractivity contribution in [3.63, 3.8) is 0 Å². The third-order valence-electron chi connectivity index (χ3n) is 4.45. The smallest absolute Gasteiger partial charge is 0.264 e. The standard InChI is InChI=1S/C15H18N4O5/c1-10(17-14(21)12-4-2-3-5-13(12)15(17)22)23-19-18(24-19)16-7-6-11(8-16)9-20/h2-5,10-11,20H,6-9H2,1H3. The Morgan fingerprint density at radius 2 is 1.96 bits per heavy atom. The summed E-state index contributed by atoms with van der Waals surface area (Å²) in [6.07, 6.45) is 0.0664. The lowest BCUT2D eigenvalue weighted by atomic mass is 10.1. The Hall–Kier alpha value is -2.68. The second kappa shape index (κ2) is 5.45. The number of fused-ring (bicyclic) bond motifs is 1. The predicted octanol–water partition coefficient (Wildman–Crippen LogP) is -0.0964. The molecule has 9 nitrogen and oxygen atoms in total. The molecule has 0 aliphatic carbocycles. The maximum atomic E-state index is 12.4. The number of hydrogen-bond acceptors (Lipinski definition) is 6. The first-order valence-electron chi connectivity index (χ1n) is 7.88. The van der Waals surface area contributed by atoms with E-state index < -0.39 is 6.23 Å². The van der Waals surface area contributed by atoms with Crippen molar-refractivity contribution >= 4 is 11.8 Å². The summed E-state index contributed by atoms with van der Waals surface area (Å²) >= 11 is 0. The van der Waals surface area contributed by atoms with Crippen LogP contribution in [0.2, 0.25) is 0 Å². The van der Waals surface area contributed by atoms with E-state index in [0.717, 1.165) is 22.9 Å². The monoisotopic (exact) mass is 334 g/mol. The van der Waals surface area contributed by atoms with Crippen molar-refractivity contribution in [2.75, 3.05) is 24.7 Å². The summed E-state index contributed by atoms with van der Waals surface area (Å²) in [6, 6.07) is 6.70. The highest BCUT2D eigenvalue weighted by Gasteiger charge is 2.41. The Morgan fingerprint density at radius 1 is 1.29 bits per heavy atom. The van der Waals surface area contributed by atoms with Gasteiger partial charge in [-0.05, 0) is 25.5 Å². The Morgan fingerprint density at radius 3 is 2.54 bits per heavy atom. The van der Waals surface area contributed by atoms with Crippen LogP contribution < -0.4 is 9.85 Å². The average Bonchev–Trinajstić information content (AvgIpc) is 3.08. The molecule has 1 saturated heterocycles. The van der Waals surface area contributed by atoms with Gasteiger partial charge in [-0.3, -0.25) is 14.6 Å². The molecule has 24 heavy (non-hydrogen) atoms. The summed E-state index contributed by atoms with van der Waals surface area (Å²) < 4.78 is 5.21. The van der Waals surface area contributed by atoms with Crippen LogP contribution in [0.5, 0.6) is 0 Å². The number of hydrogen-bond donors (Lipinski definition) is 1. The van der Waals surface area contributed by atoms with Gasteiger partial charge in [0, 0.05) is 30.6 Å². The molecule has 1 aromatic carbocycles. The van der Waals surface area contributed by atoms with Gasteiger partial charge in [-0.25, -0.2) is 4.90 Å². The molecule has 0 spiro atoms. The fourth-order valence-electron chi connectivity index (χ4n) is 3.09. The highest BCUT2D eigenvalue weighted by atomic mass is 17.0. The van der Waals surface area contributed by atoms with E-state index in [1.807, 2.05) is 5.01 Å². The van der Waals surface area contributed by atoms with E-state index in [4.69, 9.17) is 9.47 Å². The van der Waals surface area contributed by atoms with Crippen LogP contribution in [0.4, 0.5) is 0 Å². The Kier molecular flexibility index (Phi) is 3.38. The van der Waals surface area contributed by atoms with Crippen molar-refractivity contribution in [1.29, 1.82) is 0 Å². The third-order valence-corrected chi connectivity index (χ3v) is 4.45. The van der Waals surface area contributed by atoms with E-state index in [9.17, 15) is 14.7 Å². The maximum absolute atomic E-state index is 12.4. The summed E-state index contributed by atoms with van der Waals surface area (Å²) in [5, 5.41) is 12.2. The van der Waals surface area contributed by atoms with Gasteiger partial charge in [0.2, 0.25) is 6.23 Å². The number of benzene rings is 1. The molecule has 3 heterocycles. The Balaban J connectivity index is 1.43. The van der Waals surface area contributed by atoms with E-state index in [0.29, 0.717) is 17.7 Å². The van der Waals surface area contributed by atoms with Crippen LogP contribution in [-0.2, 0) is 0 Å². The highest BCUT2D eigenvalue weighted by Crippen LogP contribution is 2.24. The largest absolute Gasteiger partial charge is 0.396 e. The van der Waals surface area contributed by atoms with Gasteiger partial charge in [0.05, 0.1) is 11.1 Å². The van der Waals surface area contributed by atoms with E-state index in [2.05, 4.69) is 0 Å². The molecule has 128 valence electrons. The minimum Gasteiger partial charge on any atom is -0.396 e. The first kappa shape index (κ1) is 14.9. The summed E-state index contributed by atoms with van der Waals surface area (Å²) in [7, 11) is 0. The minimum atomic E-state index is -0.807. The van der Waals surface area contributed by atoms with Crippen LogP contribution in [0, 0.1) is 5.92 Å². The topological polar surface area (TPSA) is 93.1 Å². The van der Waals surface area contributed by atoms with Crippen molar-refractivity contribution < 1.29 is 24.2 Å². The number of amides is 2. The molecule has 2 atom stereocenters. The van der Waals surface area contributed by atoms with Gasteiger partial charge in [0.15, 0.2) is 0 Å². The molecule has 0 bridgehead atoms. The van der Waals surface area contributed by atoms with Crippen LogP contribution >= 0.6 is 0 Å². The molecule has 2 unspecified atom stereocenters. The van der Waals surface area contributed by atoms with Crippen LogP contribution in [0.3, 0.4) is 0 Å². The molecule has 1 aromatic heterocycles. The Labute approximate surface area is 137 Å². The molecule has 2 aliphatic rings. The molecule has 1 N–H and O–H groups in total. The Bertz CT molecular complexity index is 740. The second-order valence-electron chi connectivity index (χ2n) is 6.05. The van der Waals surface area contributed by atoms with Gasteiger partial charge in [0.25, 0.3) is 11.8 Å². The lowest BCUT2D eigenvalue weighted by Gasteiger charge is -2.19. The van der Waals surface area contributed by atoms with Crippen molar-refractivity contribution in [2.45, 2.75) is 19.6 Å².